The number of ether oxygens (including phenoxy) is 2. The molecule has 0 aliphatic carbocycles. The quantitative estimate of drug-likeness (QED) is 0.160. The molecule has 67 heavy (non-hydrogen) atoms. The van der Waals surface area contributed by atoms with Crippen LogP contribution in [0.4, 0.5) is 34.1 Å². The highest BCUT2D eigenvalue weighted by Gasteiger charge is 2.29. The van der Waals surface area contributed by atoms with E-state index < -0.39 is 0 Å². The van der Waals surface area contributed by atoms with Crippen molar-refractivity contribution in [2.45, 2.75) is 0 Å². The van der Waals surface area contributed by atoms with Crippen LogP contribution in [-0.4, -0.2) is 0 Å². The lowest BCUT2D eigenvalue weighted by Crippen LogP contribution is -2.11. The van der Waals surface area contributed by atoms with Gasteiger partial charge in [-0.05, 0) is 142 Å². The van der Waals surface area contributed by atoms with Gasteiger partial charge in [0.05, 0.1) is 0 Å². The van der Waals surface area contributed by atoms with Crippen LogP contribution in [0.15, 0.2) is 235 Å². The van der Waals surface area contributed by atoms with Gasteiger partial charge in [-0.3, -0.25) is 0 Å². The predicted molar refractivity (Wildman–Crippen MR) is 275 cm³/mol. The molecule has 2 aliphatic rings. The van der Waals surface area contributed by atoms with E-state index in [1.165, 1.54) is 16.3 Å². The maximum atomic E-state index is 6.95. The van der Waals surface area contributed by atoms with Crippen molar-refractivity contribution < 1.29 is 13.9 Å². The Balaban J connectivity index is 0.860. The first-order valence-electron chi connectivity index (χ1n) is 22.6. The Morgan fingerprint density at radius 1 is 0.269 bits per heavy atom. The number of benzene rings is 11. The van der Waals surface area contributed by atoms with Gasteiger partial charge in [-0.2, -0.15) is 0 Å². The number of anilines is 6. The number of furan rings is 1. The fourth-order valence-corrected chi connectivity index (χ4v) is 10.3. The maximum absolute atomic E-state index is 6.95. The molecule has 5 heteroatoms. The Hall–Kier alpha value is -9.06. The van der Waals surface area contributed by atoms with Gasteiger partial charge in [0.25, 0.3) is 0 Å². The molecule has 12 aromatic rings. The monoisotopic (exact) mass is 858 g/mol. The summed E-state index contributed by atoms with van der Waals surface area (Å²) in [6, 6.07) is 81.3. The van der Waals surface area contributed by atoms with Crippen LogP contribution in [0, 0.1) is 0 Å². The van der Waals surface area contributed by atoms with E-state index in [0.29, 0.717) is 0 Å². The first-order chi connectivity index (χ1) is 33.2. The number of rotatable bonds is 7. The van der Waals surface area contributed by atoms with Gasteiger partial charge in [0.1, 0.15) is 34.2 Å². The van der Waals surface area contributed by atoms with Gasteiger partial charge in [-0.1, -0.05) is 109 Å². The minimum absolute atomic E-state index is 0.797. The molecule has 0 saturated carbocycles. The molecule has 14 rings (SSSR count). The van der Waals surface area contributed by atoms with Crippen molar-refractivity contribution in [1.82, 2.24) is 0 Å². The molecule has 2 aliphatic heterocycles. The summed E-state index contributed by atoms with van der Waals surface area (Å²) < 4.78 is 20.1. The Morgan fingerprint density at radius 3 is 1.43 bits per heavy atom. The van der Waals surface area contributed by atoms with E-state index in [1.54, 1.807) is 0 Å². The molecule has 0 atom stereocenters. The van der Waals surface area contributed by atoms with Crippen LogP contribution in [0.3, 0.4) is 0 Å². The summed E-state index contributed by atoms with van der Waals surface area (Å²) >= 11 is 0. The van der Waals surface area contributed by atoms with Crippen LogP contribution < -0.4 is 19.3 Å². The third-order valence-corrected chi connectivity index (χ3v) is 13.4. The highest BCUT2D eigenvalue weighted by molar-refractivity contribution is 6.14. The first-order valence-corrected chi connectivity index (χ1v) is 22.6. The highest BCUT2D eigenvalue weighted by Crippen LogP contribution is 2.56. The minimum atomic E-state index is 0.797. The van der Waals surface area contributed by atoms with Crippen molar-refractivity contribution in [3.8, 4) is 56.4 Å². The molecule has 0 bridgehead atoms. The normalized spacial score (nSPS) is 12.1. The lowest BCUT2D eigenvalue weighted by atomic mass is 9.88. The van der Waals surface area contributed by atoms with Crippen LogP contribution in [-0.2, 0) is 0 Å². The minimum Gasteiger partial charge on any atom is -0.456 e. The summed E-state index contributed by atoms with van der Waals surface area (Å²) in [4.78, 5) is 4.59. The van der Waals surface area contributed by atoms with Crippen molar-refractivity contribution >= 4 is 77.6 Å². The summed E-state index contributed by atoms with van der Waals surface area (Å²) in [6.07, 6.45) is 0. The number of para-hydroxylation sites is 2. The predicted octanol–water partition coefficient (Wildman–Crippen LogP) is 18.0. The SMILES string of the molecule is c1ccc(-c2ccc(N(c3ccc4c(c3)Oc3ccc5c6c(ccc-4c36)Oc3cc(N(c4ccccc4)c4ccc6ccccc6c4)ccc3-5)c3ccc4oc5ccccc5c4c3)cc2)cc1. The van der Waals surface area contributed by atoms with Gasteiger partial charge in [0, 0.05) is 78.9 Å². The average Bonchev–Trinajstić information content (AvgIpc) is 3.76. The zero-order chi connectivity index (χ0) is 44.0. The van der Waals surface area contributed by atoms with E-state index in [9.17, 15) is 0 Å². The van der Waals surface area contributed by atoms with E-state index in [-0.39, 0.29) is 0 Å². The Kier molecular flexibility index (Phi) is 8.21. The smallest absolute Gasteiger partial charge is 0.137 e. The Labute approximate surface area is 386 Å². The summed E-state index contributed by atoms with van der Waals surface area (Å²) in [7, 11) is 0. The van der Waals surface area contributed by atoms with E-state index in [4.69, 9.17) is 13.9 Å². The summed E-state index contributed by atoms with van der Waals surface area (Å²) in [5, 5.41) is 6.67. The topological polar surface area (TPSA) is 38.1 Å². The van der Waals surface area contributed by atoms with Crippen LogP contribution >= 0.6 is 0 Å². The second-order valence-corrected chi connectivity index (χ2v) is 17.3. The molecule has 1 aromatic heterocycles. The lowest BCUT2D eigenvalue weighted by Gasteiger charge is -2.30. The van der Waals surface area contributed by atoms with Crippen LogP contribution in [0.1, 0.15) is 0 Å². The standard InChI is InChI=1S/C62H38N2O3/c1-3-11-39(12-4-1)41-19-22-44(23-20-41)64(46-27-32-56-54(36-46)49-17-9-10-18-55(49)65-56)48-26-29-51-53-31-33-57-61-52(30-34-58(62(53)61)67-60(51)38-48)50-28-25-47(37-59(50)66-57)63(43-15-5-2-6-16-43)45-24-21-40-13-7-8-14-42(40)35-45/h1-38H. The van der Waals surface area contributed by atoms with Gasteiger partial charge in [-0.25, -0.2) is 0 Å². The Morgan fingerprint density at radius 2 is 0.746 bits per heavy atom. The maximum Gasteiger partial charge on any atom is 0.137 e. The molecule has 0 spiro atoms. The summed E-state index contributed by atoms with van der Waals surface area (Å²) in [5.41, 5.74) is 14.6. The number of nitrogens with zero attached hydrogens (tertiary/aromatic N) is 2. The van der Waals surface area contributed by atoms with Crippen LogP contribution in [0.2, 0.25) is 0 Å². The second kappa shape index (κ2) is 14.7. The first kappa shape index (κ1) is 37.3. The second-order valence-electron chi connectivity index (χ2n) is 17.3. The molecule has 0 radical (unpaired) electrons. The van der Waals surface area contributed by atoms with Gasteiger partial charge in [0.15, 0.2) is 0 Å². The Bertz CT molecular complexity index is 3930. The largest absolute Gasteiger partial charge is 0.456 e. The highest BCUT2D eigenvalue weighted by atomic mass is 16.5. The van der Waals surface area contributed by atoms with Gasteiger partial charge >= 0.3 is 0 Å². The van der Waals surface area contributed by atoms with E-state index in [0.717, 1.165) is 118 Å². The molecule has 5 nitrogen and oxygen atoms in total. The molecule has 314 valence electrons. The summed E-state index contributed by atoms with van der Waals surface area (Å²) in [5.74, 6) is 3.23. The van der Waals surface area contributed by atoms with Gasteiger partial charge < -0.3 is 23.7 Å². The molecular weight excluding hydrogens is 821 g/mol. The van der Waals surface area contributed by atoms with Crippen molar-refractivity contribution in [3.63, 3.8) is 0 Å². The lowest BCUT2D eigenvalue weighted by molar-refractivity contribution is 0.480. The number of hydrogen-bond acceptors (Lipinski definition) is 5. The molecule has 0 amide bonds. The molecule has 0 unspecified atom stereocenters. The van der Waals surface area contributed by atoms with Crippen LogP contribution in [0.5, 0.6) is 23.0 Å². The molecule has 0 N–H and O–H groups in total. The van der Waals surface area contributed by atoms with Crippen LogP contribution in [0.25, 0.3) is 76.9 Å². The number of fused-ring (bicyclic) bond motifs is 8. The molecular formula is C62H38N2O3. The van der Waals surface area contributed by atoms with E-state index in [1.807, 2.05) is 12.1 Å². The number of hydrogen-bond donors (Lipinski definition) is 0. The third kappa shape index (κ3) is 6.02. The van der Waals surface area contributed by atoms with Crippen molar-refractivity contribution in [1.29, 1.82) is 0 Å². The third-order valence-electron chi connectivity index (χ3n) is 13.4. The zero-order valence-corrected chi connectivity index (χ0v) is 36.1. The molecule has 11 aromatic carbocycles. The average molecular weight is 859 g/mol. The molecule has 0 fully saturated rings. The van der Waals surface area contributed by atoms with Gasteiger partial charge in [0.2, 0.25) is 0 Å². The fourth-order valence-electron chi connectivity index (χ4n) is 10.3. The van der Waals surface area contributed by atoms with Gasteiger partial charge in [-0.15, -0.1) is 0 Å². The van der Waals surface area contributed by atoms with E-state index >= 15 is 0 Å². The fraction of sp³-hybridized carbons (Fsp3) is 0. The van der Waals surface area contributed by atoms with Crippen molar-refractivity contribution in [2.75, 3.05) is 9.80 Å². The molecule has 3 heterocycles. The molecule has 0 saturated heterocycles. The zero-order valence-electron chi connectivity index (χ0n) is 36.1. The van der Waals surface area contributed by atoms with Crippen molar-refractivity contribution in [3.05, 3.63) is 231 Å². The van der Waals surface area contributed by atoms with E-state index in [2.05, 4.69) is 228 Å². The van der Waals surface area contributed by atoms with Crippen molar-refractivity contribution in [2.24, 2.45) is 0 Å². The summed E-state index contributed by atoms with van der Waals surface area (Å²) in [6.45, 7) is 0.